The first-order valence-electron chi connectivity index (χ1n) is 15.4. The molecule has 2 aromatic carbocycles. The van der Waals surface area contributed by atoms with Gasteiger partial charge in [0.15, 0.2) is 0 Å². The molecule has 6 N–H and O–H groups in total. The highest BCUT2D eigenvalue weighted by Crippen LogP contribution is 2.31. The van der Waals surface area contributed by atoms with E-state index in [2.05, 4.69) is 56.2 Å². The van der Waals surface area contributed by atoms with Gasteiger partial charge in [0, 0.05) is 57.5 Å². The lowest BCUT2D eigenvalue weighted by Gasteiger charge is -2.15. The lowest BCUT2D eigenvalue weighted by Crippen LogP contribution is -2.18. The highest BCUT2D eigenvalue weighted by atomic mass is 32.2. The van der Waals surface area contributed by atoms with Crippen molar-refractivity contribution in [3.63, 3.8) is 0 Å². The molecule has 22 heteroatoms. The number of hydrogen-bond donors (Lipinski definition) is 6. The highest BCUT2D eigenvalue weighted by molar-refractivity contribution is 7.94. The van der Waals surface area contributed by atoms with Crippen LogP contribution in [0.5, 0.6) is 0 Å². The second kappa shape index (κ2) is 18.3. The smallest absolute Gasteiger partial charge is 0.295 e. The molecule has 4 aromatic rings. The van der Waals surface area contributed by atoms with Crippen molar-refractivity contribution in [3.8, 4) is 0 Å². The summed E-state index contributed by atoms with van der Waals surface area (Å²) < 4.78 is 45.2. The van der Waals surface area contributed by atoms with E-state index in [0.29, 0.717) is 40.7 Å². The summed E-state index contributed by atoms with van der Waals surface area (Å²) in [6, 6.07) is 9.27. The number of nitrogens with zero attached hydrogens (tertiary/aromatic N) is 8. The molecule has 0 aliphatic rings. The van der Waals surface area contributed by atoms with Gasteiger partial charge in [-0.05, 0) is 42.3 Å². The fourth-order valence-electron chi connectivity index (χ4n) is 4.09. The van der Waals surface area contributed by atoms with Gasteiger partial charge >= 0.3 is 0 Å². The molecule has 20 nitrogen and oxygen atoms in total. The Morgan fingerprint density at radius 2 is 1.38 bits per heavy atom. The van der Waals surface area contributed by atoms with E-state index in [1.54, 1.807) is 75.3 Å². The summed E-state index contributed by atoms with van der Waals surface area (Å²) in [5.41, 5.74) is 1.40. The third-order valence-electron chi connectivity index (χ3n) is 6.57. The number of ether oxygens (including phenoxy) is 1. The summed E-state index contributed by atoms with van der Waals surface area (Å²) in [6.45, 7) is 4.25. The molecule has 2 aromatic heterocycles. The maximum atomic E-state index is 12.5. The fourth-order valence-corrected chi connectivity index (χ4v) is 5.31. The zero-order valence-corrected chi connectivity index (χ0v) is 30.6. The van der Waals surface area contributed by atoms with Crippen LogP contribution < -0.4 is 31.1 Å². The average Bonchev–Trinajstić information content (AvgIpc) is 3.10. The Morgan fingerprint density at radius 1 is 0.827 bits per heavy atom. The van der Waals surface area contributed by atoms with Crippen LogP contribution in [0.4, 0.5) is 47.1 Å². The number of aromatic nitrogens is 6. The quantitative estimate of drug-likeness (QED) is 0.0158. The van der Waals surface area contributed by atoms with E-state index < -0.39 is 15.0 Å². The predicted octanol–water partition coefficient (Wildman–Crippen LogP) is 4.28. The monoisotopic (exact) mass is 758 g/mol. The van der Waals surface area contributed by atoms with E-state index in [4.69, 9.17) is 14.3 Å². The minimum atomic E-state index is -4.73. The Bertz CT molecular complexity index is 2000. The average molecular weight is 759 g/mol. The Balaban J connectivity index is 1.63. The Morgan fingerprint density at radius 3 is 1.96 bits per heavy atom. The fraction of sp³-hybridized carbons (Fsp3) is 0.300. The van der Waals surface area contributed by atoms with Gasteiger partial charge < -0.3 is 30.5 Å². The highest BCUT2D eigenvalue weighted by Gasteiger charge is 2.17. The third kappa shape index (κ3) is 11.4. The topological polar surface area (TPSA) is 251 Å². The van der Waals surface area contributed by atoms with E-state index in [1.165, 1.54) is 18.2 Å². The molecular weight excluding hydrogens is 721 g/mol. The molecule has 4 rings (SSSR count). The van der Waals surface area contributed by atoms with Gasteiger partial charge in [0.1, 0.15) is 11.6 Å². The normalized spacial score (nSPS) is 11.4. The number of anilines is 8. The van der Waals surface area contributed by atoms with Crippen molar-refractivity contribution >= 4 is 87.3 Å². The number of amides is 1. The molecule has 0 aliphatic heterocycles. The number of carbonyl (C=O) groups excluding carboxylic acids is 1. The molecule has 0 unspecified atom stereocenters. The second-order valence-corrected chi connectivity index (χ2v) is 13.0. The minimum absolute atomic E-state index is 0.000960. The molecule has 0 bridgehead atoms. The first-order chi connectivity index (χ1) is 24.8. The van der Waals surface area contributed by atoms with Gasteiger partial charge in [0.2, 0.25) is 41.6 Å². The van der Waals surface area contributed by atoms with Gasteiger partial charge in [-0.2, -0.15) is 38.3 Å². The maximum absolute atomic E-state index is 12.5. The summed E-state index contributed by atoms with van der Waals surface area (Å²) >= 11 is 0.674. The number of nitrogens with one attached hydrogen (secondary N) is 4. The zero-order chi connectivity index (χ0) is 37.8. The minimum Gasteiger partial charge on any atom is -0.362 e. The van der Waals surface area contributed by atoms with Crippen molar-refractivity contribution in [1.82, 2.24) is 29.9 Å². The van der Waals surface area contributed by atoms with Crippen molar-refractivity contribution in [3.05, 3.63) is 47.5 Å². The van der Waals surface area contributed by atoms with Gasteiger partial charge in [-0.1, -0.05) is 36.2 Å². The Labute approximate surface area is 303 Å². The SMILES string of the molecule is CCOCNc1nc(Nc2ccc(C=Cc3ccc(Nc4nc(NC(=O)CC)nc(N(C)C)n4)cc3S(=O)(=O)O)c(SOOO)c2)nc(N(C)C)n1. The van der Waals surface area contributed by atoms with Crippen LogP contribution in [-0.4, -0.2) is 95.6 Å². The summed E-state index contributed by atoms with van der Waals surface area (Å²) in [5.74, 6) is 0.831. The number of carbonyl (C=O) groups is 1. The lowest BCUT2D eigenvalue weighted by molar-refractivity contribution is -0.432. The summed E-state index contributed by atoms with van der Waals surface area (Å²) in [7, 11) is 2.25. The molecule has 2 heterocycles. The van der Waals surface area contributed by atoms with Crippen LogP contribution >= 0.6 is 12.0 Å². The first kappa shape index (κ1) is 39.6. The Hall–Kier alpha value is -5.23. The standard InChI is InChI=1S/C30H38N12O8S2/c1-7-24(43)34-28-36-27(39-30(40-28)42(5)6)33-21-14-12-19(23(16-21)52(45,46)47)10-9-18-11-13-20(15-22(18)51-50-49-44)32-26-35-25(31-17-48-8-2)37-29(38-26)41(3)4/h9-16,44H,7-8,17H2,1-6H3,(H,45,46,47)(H2,31,32,35,37,38)(H2,33,34,36,39,40,43). The molecule has 0 aliphatic carbocycles. The van der Waals surface area contributed by atoms with Gasteiger partial charge in [0.05, 0.1) is 12.0 Å². The largest absolute Gasteiger partial charge is 0.362 e. The van der Waals surface area contributed by atoms with E-state index in [1.807, 2.05) is 6.92 Å². The van der Waals surface area contributed by atoms with Crippen LogP contribution in [0.25, 0.3) is 12.2 Å². The van der Waals surface area contributed by atoms with Crippen LogP contribution in [-0.2, 0) is 29.0 Å². The van der Waals surface area contributed by atoms with Crippen molar-refractivity contribution < 1.29 is 37.1 Å². The van der Waals surface area contributed by atoms with E-state index in [-0.39, 0.29) is 60.1 Å². The zero-order valence-electron chi connectivity index (χ0n) is 29.0. The third-order valence-corrected chi connectivity index (χ3v) is 8.14. The van der Waals surface area contributed by atoms with E-state index >= 15 is 0 Å². The number of hydrogen-bond acceptors (Lipinski definition) is 19. The molecule has 0 saturated carbocycles. The van der Waals surface area contributed by atoms with Crippen molar-refractivity contribution in [2.24, 2.45) is 0 Å². The Kier molecular flexibility index (Phi) is 13.9. The molecule has 0 radical (unpaired) electrons. The molecule has 0 fully saturated rings. The number of rotatable bonds is 18. The van der Waals surface area contributed by atoms with Gasteiger partial charge in [-0.3, -0.25) is 14.7 Å². The molecule has 0 atom stereocenters. The first-order valence-corrected chi connectivity index (χ1v) is 17.6. The van der Waals surface area contributed by atoms with Gasteiger partial charge in [0.25, 0.3) is 10.1 Å². The van der Waals surface area contributed by atoms with Gasteiger partial charge in [-0.25, -0.2) is 5.26 Å². The molecule has 0 saturated heterocycles. The van der Waals surface area contributed by atoms with Crippen molar-refractivity contribution in [1.29, 1.82) is 0 Å². The van der Waals surface area contributed by atoms with E-state index in [9.17, 15) is 17.8 Å². The molecule has 0 spiro atoms. The van der Waals surface area contributed by atoms with Crippen molar-refractivity contribution in [2.45, 2.75) is 30.1 Å². The lowest BCUT2D eigenvalue weighted by atomic mass is 10.1. The summed E-state index contributed by atoms with van der Waals surface area (Å²) in [5, 5.41) is 24.2. The predicted molar refractivity (Wildman–Crippen MR) is 196 cm³/mol. The molecule has 52 heavy (non-hydrogen) atoms. The van der Waals surface area contributed by atoms with Crippen molar-refractivity contribution in [2.75, 3.05) is 72.6 Å². The summed E-state index contributed by atoms with van der Waals surface area (Å²) in [6.07, 6.45) is 3.25. The van der Waals surface area contributed by atoms with E-state index in [0.717, 1.165) is 0 Å². The summed E-state index contributed by atoms with van der Waals surface area (Å²) in [4.78, 5) is 41.1. The van der Waals surface area contributed by atoms with Crippen LogP contribution in [0.1, 0.15) is 31.4 Å². The molecule has 1 amide bonds. The van der Waals surface area contributed by atoms with Crippen LogP contribution in [0.2, 0.25) is 0 Å². The molecule has 278 valence electrons. The van der Waals surface area contributed by atoms with Gasteiger partial charge in [-0.15, -0.1) is 4.33 Å². The van der Waals surface area contributed by atoms with Crippen LogP contribution in [0.15, 0.2) is 46.2 Å². The number of benzene rings is 2. The van der Waals surface area contributed by atoms with Crippen LogP contribution in [0.3, 0.4) is 0 Å². The maximum Gasteiger partial charge on any atom is 0.295 e. The van der Waals surface area contributed by atoms with Crippen LogP contribution in [0, 0.1) is 0 Å². The molecular formula is C30H38N12O8S2. The second-order valence-electron chi connectivity index (χ2n) is 10.9.